The summed E-state index contributed by atoms with van der Waals surface area (Å²) in [6.07, 6.45) is 9.36. The van der Waals surface area contributed by atoms with Crippen LogP contribution in [0.2, 0.25) is 0 Å². The topological polar surface area (TPSA) is 39.7 Å². The van der Waals surface area contributed by atoms with E-state index in [9.17, 15) is 0 Å². The molecule has 0 spiro atoms. The summed E-state index contributed by atoms with van der Waals surface area (Å²) in [6.45, 7) is 5.84. The first-order chi connectivity index (χ1) is 10.2. The van der Waals surface area contributed by atoms with Crippen LogP contribution in [0, 0.1) is 11.8 Å². The largest absolute Gasteiger partial charge is 0.356 e. The van der Waals surface area contributed by atoms with Gasteiger partial charge in [-0.1, -0.05) is 13.3 Å². The molecule has 1 atom stereocenters. The second-order valence-electron chi connectivity index (χ2n) is 6.99. The van der Waals surface area contributed by atoms with E-state index >= 15 is 0 Å². The van der Waals surface area contributed by atoms with Crippen molar-refractivity contribution in [1.82, 2.24) is 15.5 Å². The van der Waals surface area contributed by atoms with Gasteiger partial charge in [0, 0.05) is 26.2 Å². The van der Waals surface area contributed by atoms with Crippen molar-refractivity contribution in [2.24, 2.45) is 16.8 Å². The van der Waals surface area contributed by atoms with Crippen molar-refractivity contribution in [1.29, 1.82) is 0 Å². The van der Waals surface area contributed by atoms with Gasteiger partial charge in [-0.15, -0.1) is 24.0 Å². The molecule has 0 aromatic heterocycles. The summed E-state index contributed by atoms with van der Waals surface area (Å²) in [5.74, 6) is 2.72. The van der Waals surface area contributed by atoms with Crippen LogP contribution in [-0.2, 0) is 0 Å². The highest BCUT2D eigenvalue weighted by atomic mass is 127. The molecule has 0 radical (unpaired) electrons. The highest BCUT2D eigenvalue weighted by Crippen LogP contribution is 2.26. The van der Waals surface area contributed by atoms with Crippen molar-refractivity contribution < 1.29 is 0 Å². The summed E-state index contributed by atoms with van der Waals surface area (Å²) < 4.78 is 0. The van der Waals surface area contributed by atoms with E-state index in [0.717, 1.165) is 24.3 Å². The first-order valence-corrected chi connectivity index (χ1v) is 8.87. The Morgan fingerprint density at radius 3 is 2.45 bits per heavy atom. The number of nitrogens with zero attached hydrogens (tertiary/aromatic N) is 2. The van der Waals surface area contributed by atoms with Crippen LogP contribution >= 0.6 is 24.0 Å². The third-order valence-electron chi connectivity index (χ3n) is 5.27. The number of hydrogen-bond acceptors (Lipinski definition) is 2. The van der Waals surface area contributed by atoms with Crippen LogP contribution < -0.4 is 10.6 Å². The number of hydrogen-bond donors (Lipinski definition) is 2. The van der Waals surface area contributed by atoms with Gasteiger partial charge in [-0.3, -0.25) is 4.99 Å². The lowest BCUT2D eigenvalue weighted by Gasteiger charge is -2.32. The molecule has 1 aliphatic heterocycles. The smallest absolute Gasteiger partial charge is 0.191 e. The molecule has 4 nitrogen and oxygen atoms in total. The molecule has 1 aliphatic carbocycles. The Labute approximate surface area is 153 Å². The van der Waals surface area contributed by atoms with Crippen LogP contribution in [-0.4, -0.2) is 50.6 Å². The van der Waals surface area contributed by atoms with E-state index in [-0.39, 0.29) is 24.0 Å². The zero-order chi connectivity index (χ0) is 15.1. The Balaban J connectivity index is 0.00000242. The quantitative estimate of drug-likeness (QED) is 0.416. The van der Waals surface area contributed by atoms with Crippen molar-refractivity contribution in [2.75, 3.05) is 33.7 Å². The molecule has 0 amide bonds. The third kappa shape index (κ3) is 6.60. The van der Waals surface area contributed by atoms with Crippen molar-refractivity contribution in [3.63, 3.8) is 0 Å². The van der Waals surface area contributed by atoms with Gasteiger partial charge < -0.3 is 15.5 Å². The summed E-state index contributed by atoms with van der Waals surface area (Å²) in [7, 11) is 4.12. The lowest BCUT2D eigenvalue weighted by Crippen LogP contribution is -2.47. The van der Waals surface area contributed by atoms with E-state index in [1.54, 1.807) is 0 Å². The van der Waals surface area contributed by atoms with Crippen LogP contribution in [0.5, 0.6) is 0 Å². The van der Waals surface area contributed by atoms with Gasteiger partial charge >= 0.3 is 0 Å². The van der Waals surface area contributed by atoms with Gasteiger partial charge in [0.05, 0.1) is 0 Å². The van der Waals surface area contributed by atoms with Crippen LogP contribution in [0.25, 0.3) is 0 Å². The minimum Gasteiger partial charge on any atom is -0.356 e. The molecule has 1 saturated carbocycles. The first kappa shape index (κ1) is 20.0. The van der Waals surface area contributed by atoms with Crippen molar-refractivity contribution >= 4 is 29.9 Å². The molecule has 0 aromatic rings. The summed E-state index contributed by atoms with van der Waals surface area (Å²) in [4.78, 5) is 6.85. The van der Waals surface area contributed by atoms with E-state index in [1.807, 2.05) is 7.05 Å². The number of halogens is 1. The molecule has 2 N–H and O–H groups in total. The number of piperidine rings is 1. The van der Waals surface area contributed by atoms with Crippen LogP contribution in [0.4, 0.5) is 0 Å². The highest BCUT2D eigenvalue weighted by Gasteiger charge is 2.21. The molecular weight excluding hydrogens is 387 g/mol. The fraction of sp³-hybridized carbons (Fsp3) is 0.941. The molecule has 2 aliphatic rings. The second-order valence-corrected chi connectivity index (χ2v) is 6.99. The van der Waals surface area contributed by atoms with Gasteiger partial charge in [-0.05, 0) is 64.0 Å². The lowest BCUT2D eigenvalue weighted by atomic mass is 9.84. The van der Waals surface area contributed by atoms with E-state index in [2.05, 4.69) is 34.5 Å². The van der Waals surface area contributed by atoms with E-state index in [1.165, 1.54) is 58.0 Å². The third-order valence-corrected chi connectivity index (χ3v) is 5.27. The highest BCUT2D eigenvalue weighted by molar-refractivity contribution is 14.0. The molecule has 130 valence electrons. The summed E-state index contributed by atoms with van der Waals surface area (Å²) >= 11 is 0. The molecule has 1 saturated heterocycles. The van der Waals surface area contributed by atoms with Crippen molar-refractivity contribution in [2.45, 2.75) is 57.9 Å². The predicted octanol–water partition coefficient (Wildman–Crippen LogP) is 3.08. The van der Waals surface area contributed by atoms with Gasteiger partial charge in [0.2, 0.25) is 0 Å². The molecule has 2 fully saturated rings. The number of nitrogens with one attached hydrogen (secondary N) is 2. The van der Waals surface area contributed by atoms with Crippen molar-refractivity contribution in [3.05, 3.63) is 0 Å². The standard InChI is InChI=1S/C17H34N4.HI/c1-4-14-7-9-16(10-8-14)20-17(18-2)19-12-15-6-5-11-21(3)13-15;/h14-16H,4-13H2,1-3H3,(H2,18,19,20);1H. The second kappa shape index (κ2) is 10.7. The summed E-state index contributed by atoms with van der Waals surface area (Å²) in [6, 6.07) is 0.619. The molecule has 0 aromatic carbocycles. The molecule has 5 heteroatoms. The predicted molar refractivity (Wildman–Crippen MR) is 106 cm³/mol. The van der Waals surface area contributed by atoms with Crippen LogP contribution in [0.3, 0.4) is 0 Å². The van der Waals surface area contributed by atoms with E-state index < -0.39 is 0 Å². The molecule has 0 bridgehead atoms. The minimum absolute atomic E-state index is 0. The normalized spacial score (nSPS) is 30.5. The minimum atomic E-state index is 0. The average molecular weight is 422 g/mol. The fourth-order valence-electron chi connectivity index (χ4n) is 3.78. The van der Waals surface area contributed by atoms with Crippen LogP contribution in [0.15, 0.2) is 4.99 Å². The zero-order valence-corrected chi connectivity index (χ0v) is 16.9. The maximum absolute atomic E-state index is 4.41. The Bertz CT molecular complexity index is 327. The molecule has 1 unspecified atom stereocenters. The number of likely N-dealkylation sites (tertiary alicyclic amines) is 1. The van der Waals surface area contributed by atoms with Gasteiger partial charge in [0.15, 0.2) is 5.96 Å². The Morgan fingerprint density at radius 1 is 1.14 bits per heavy atom. The van der Waals surface area contributed by atoms with Crippen LogP contribution in [0.1, 0.15) is 51.9 Å². The average Bonchev–Trinajstić information content (AvgIpc) is 2.52. The first-order valence-electron chi connectivity index (χ1n) is 8.87. The monoisotopic (exact) mass is 422 g/mol. The van der Waals surface area contributed by atoms with Gasteiger partial charge in [0.25, 0.3) is 0 Å². The van der Waals surface area contributed by atoms with Crippen molar-refractivity contribution in [3.8, 4) is 0 Å². The maximum atomic E-state index is 4.41. The molecule has 22 heavy (non-hydrogen) atoms. The molecule has 2 rings (SSSR count). The molecular formula is C17H35IN4. The van der Waals surface area contributed by atoms with E-state index in [0.29, 0.717) is 6.04 Å². The van der Waals surface area contributed by atoms with Gasteiger partial charge in [0.1, 0.15) is 0 Å². The van der Waals surface area contributed by atoms with E-state index in [4.69, 9.17) is 0 Å². The summed E-state index contributed by atoms with van der Waals surface area (Å²) in [5.41, 5.74) is 0. The lowest BCUT2D eigenvalue weighted by molar-refractivity contribution is 0.210. The molecule has 1 heterocycles. The zero-order valence-electron chi connectivity index (χ0n) is 14.6. The number of guanidine groups is 1. The summed E-state index contributed by atoms with van der Waals surface area (Å²) in [5, 5.41) is 7.17. The number of rotatable bonds is 4. The Morgan fingerprint density at radius 2 is 1.86 bits per heavy atom. The maximum Gasteiger partial charge on any atom is 0.191 e. The fourth-order valence-corrected chi connectivity index (χ4v) is 3.78. The van der Waals surface area contributed by atoms with Gasteiger partial charge in [-0.25, -0.2) is 0 Å². The van der Waals surface area contributed by atoms with Gasteiger partial charge in [-0.2, -0.15) is 0 Å². The Hall–Kier alpha value is -0.0400. The SMILES string of the molecule is CCC1CCC(NC(=NC)NCC2CCCN(C)C2)CC1.I. The number of aliphatic imine (C=N–C) groups is 1. The Kier molecular flexibility index (Phi) is 9.71.